The molecule has 0 unspecified atom stereocenters. The van der Waals surface area contributed by atoms with Crippen LogP contribution >= 0.6 is 0 Å². The molecule has 1 aliphatic rings. The second-order valence-electron chi connectivity index (χ2n) is 9.41. The summed E-state index contributed by atoms with van der Waals surface area (Å²) in [6, 6.07) is 15.0. The molecule has 4 rings (SSSR count). The zero-order chi connectivity index (χ0) is 24.2. The van der Waals surface area contributed by atoms with Gasteiger partial charge in [-0.2, -0.15) is 0 Å². The van der Waals surface area contributed by atoms with Crippen LogP contribution < -0.4 is 4.90 Å². The highest BCUT2D eigenvalue weighted by molar-refractivity contribution is 5.97. The van der Waals surface area contributed by atoms with Crippen LogP contribution in [0.25, 0.3) is 16.6 Å². The Morgan fingerprint density at radius 2 is 1.88 bits per heavy atom. The average molecular weight is 464 g/mol. The minimum absolute atomic E-state index is 0.0660. The van der Waals surface area contributed by atoms with Gasteiger partial charge in [-0.15, -0.1) is 0 Å². The molecular weight excluding hydrogens is 430 g/mol. The molecule has 0 aliphatic heterocycles. The second kappa shape index (κ2) is 10.3. The summed E-state index contributed by atoms with van der Waals surface area (Å²) in [5, 5.41) is 13.2. The number of aromatic nitrogens is 1. The number of hydrogen-bond acceptors (Lipinski definition) is 5. The number of para-hydroxylation sites is 1. The standard InChI is InChI=1S/C27H33N3O4/c1-4-34-27(31)26-16-20-10-8-9-13-23(20)29(26)22-14-15-24(25(17-22)30(32)33)28(18-19(2)3)21-11-6-5-7-12-21/h8-10,13-17,19,21H,4-7,11-12,18H2,1-3H3. The number of carbonyl (C=O) groups is 1. The minimum Gasteiger partial charge on any atom is -0.461 e. The molecule has 1 aliphatic carbocycles. The van der Waals surface area contributed by atoms with Gasteiger partial charge in [0.05, 0.1) is 22.7 Å². The van der Waals surface area contributed by atoms with E-state index in [4.69, 9.17) is 4.74 Å². The molecule has 3 aromatic rings. The molecule has 1 saturated carbocycles. The summed E-state index contributed by atoms with van der Waals surface area (Å²) < 4.78 is 7.04. The van der Waals surface area contributed by atoms with Gasteiger partial charge in [-0.1, -0.05) is 51.3 Å². The van der Waals surface area contributed by atoms with Gasteiger partial charge in [0.1, 0.15) is 11.4 Å². The molecule has 0 atom stereocenters. The third-order valence-corrected chi connectivity index (χ3v) is 6.50. The molecule has 7 heteroatoms. The first kappa shape index (κ1) is 23.8. The van der Waals surface area contributed by atoms with Gasteiger partial charge in [-0.05, 0) is 49.9 Å². The maximum Gasteiger partial charge on any atom is 0.355 e. The van der Waals surface area contributed by atoms with Crippen molar-refractivity contribution in [2.45, 2.75) is 58.9 Å². The SMILES string of the molecule is CCOC(=O)c1cc2ccccc2n1-c1ccc(N(CC(C)C)C2CCCCC2)c([N+](=O)[O-])c1. The number of carbonyl (C=O) groups excluding carboxylic acids is 1. The van der Waals surface area contributed by atoms with E-state index in [0.29, 0.717) is 29.0 Å². The van der Waals surface area contributed by atoms with E-state index in [-0.39, 0.29) is 17.2 Å². The lowest BCUT2D eigenvalue weighted by atomic mass is 9.93. The fourth-order valence-electron chi connectivity index (χ4n) is 5.06. The summed E-state index contributed by atoms with van der Waals surface area (Å²) in [5.41, 5.74) is 2.46. The van der Waals surface area contributed by atoms with Crippen LogP contribution in [0.1, 0.15) is 63.4 Å². The minimum atomic E-state index is -0.450. The zero-order valence-corrected chi connectivity index (χ0v) is 20.2. The highest BCUT2D eigenvalue weighted by Gasteiger charge is 2.29. The van der Waals surface area contributed by atoms with Crippen LogP contribution in [0.4, 0.5) is 11.4 Å². The van der Waals surface area contributed by atoms with Crippen molar-refractivity contribution in [1.29, 1.82) is 0 Å². The fourth-order valence-corrected chi connectivity index (χ4v) is 5.06. The molecule has 34 heavy (non-hydrogen) atoms. The molecule has 2 aromatic carbocycles. The molecular formula is C27H33N3O4. The van der Waals surface area contributed by atoms with Crippen molar-refractivity contribution in [2.75, 3.05) is 18.1 Å². The maximum absolute atomic E-state index is 12.7. The van der Waals surface area contributed by atoms with Gasteiger partial charge in [0.15, 0.2) is 0 Å². The molecule has 0 bridgehead atoms. The zero-order valence-electron chi connectivity index (χ0n) is 20.2. The van der Waals surface area contributed by atoms with Crippen molar-refractivity contribution in [1.82, 2.24) is 4.57 Å². The molecule has 1 fully saturated rings. The Hall–Kier alpha value is -3.35. The number of nitro benzene ring substituents is 1. The molecule has 0 N–H and O–H groups in total. The largest absolute Gasteiger partial charge is 0.461 e. The Bertz CT molecular complexity index is 1180. The number of ether oxygens (including phenoxy) is 1. The average Bonchev–Trinajstić information content (AvgIpc) is 3.22. The van der Waals surface area contributed by atoms with Crippen molar-refractivity contribution in [3.05, 3.63) is 64.3 Å². The van der Waals surface area contributed by atoms with Gasteiger partial charge in [0, 0.05) is 24.0 Å². The topological polar surface area (TPSA) is 77.6 Å². The number of rotatable bonds is 8. The van der Waals surface area contributed by atoms with Crippen molar-refractivity contribution in [2.24, 2.45) is 5.92 Å². The highest BCUT2D eigenvalue weighted by atomic mass is 16.6. The highest BCUT2D eigenvalue weighted by Crippen LogP contribution is 2.37. The van der Waals surface area contributed by atoms with E-state index in [2.05, 4.69) is 18.7 Å². The normalized spacial score (nSPS) is 14.5. The Morgan fingerprint density at radius 3 is 2.56 bits per heavy atom. The monoisotopic (exact) mass is 463 g/mol. The summed E-state index contributed by atoms with van der Waals surface area (Å²) >= 11 is 0. The summed E-state index contributed by atoms with van der Waals surface area (Å²) in [6.45, 7) is 7.08. The van der Waals surface area contributed by atoms with Gasteiger partial charge >= 0.3 is 5.97 Å². The summed E-state index contributed by atoms with van der Waals surface area (Å²) in [5.74, 6) is -0.0703. The molecule has 0 amide bonds. The van der Waals surface area contributed by atoms with Crippen molar-refractivity contribution < 1.29 is 14.5 Å². The number of hydrogen-bond donors (Lipinski definition) is 0. The van der Waals surface area contributed by atoms with E-state index in [1.807, 2.05) is 36.4 Å². The van der Waals surface area contributed by atoms with Crippen molar-refractivity contribution >= 4 is 28.2 Å². The van der Waals surface area contributed by atoms with Crippen LogP contribution in [0, 0.1) is 16.0 Å². The molecule has 0 saturated heterocycles. The summed E-state index contributed by atoms with van der Waals surface area (Å²) in [7, 11) is 0. The molecule has 0 radical (unpaired) electrons. The third-order valence-electron chi connectivity index (χ3n) is 6.50. The number of nitro groups is 1. The predicted molar refractivity (Wildman–Crippen MR) is 135 cm³/mol. The van der Waals surface area contributed by atoms with Crippen molar-refractivity contribution in [3.8, 4) is 5.69 Å². The lowest BCUT2D eigenvalue weighted by Gasteiger charge is -2.37. The van der Waals surface area contributed by atoms with Gasteiger partial charge in [-0.3, -0.25) is 10.1 Å². The Balaban J connectivity index is 1.85. The molecule has 1 heterocycles. The molecule has 180 valence electrons. The summed E-state index contributed by atoms with van der Waals surface area (Å²) in [4.78, 5) is 27.0. The third kappa shape index (κ3) is 4.79. The van der Waals surface area contributed by atoms with Crippen LogP contribution in [0.3, 0.4) is 0 Å². The van der Waals surface area contributed by atoms with E-state index in [0.717, 1.165) is 43.1 Å². The van der Waals surface area contributed by atoms with Gasteiger partial charge < -0.3 is 14.2 Å². The van der Waals surface area contributed by atoms with Crippen LogP contribution in [-0.2, 0) is 4.74 Å². The predicted octanol–water partition coefficient (Wildman–Crippen LogP) is 6.51. The maximum atomic E-state index is 12.7. The van der Waals surface area contributed by atoms with Crippen molar-refractivity contribution in [3.63, 3.8) is 0 Å². The number of anilines is 1. The van der Waals surface area contributed by atoms with E-state index in [1.165, 1.54) is 6.42 Å². The first-order valence-electron chi connectivity index (χ1n) is 12.2. The smallest absolute Gasteiger partial charge is 0.355 e. The Kier molecular flexibility index (Phi) is 7.20. The van der Waals surface area contributed by atoms with Crippen LogP contribution in [0.15, 0.2) is 48.5 Å². The molecule has 1 aromatic heterocycles. The quantitative estimate of drug-likeness (QED) is 0.216. The summed E-state index contributed by atoms with van der Waals surface area (Å²) in [6.07, 6.45) is 5.65. The van der Waals surface area contributed by atoms with Gasteiger partial charge in [0.25, 0.3) is 5.69 Å². The van der Waals surface area contributed by atoms with Crippen LogP contribution in [-0.4, -0.2) is 34.7 Å². The molecule has 0 spiro atoms. The lowest BCUT2D eigenvalue weighted by Crippen LogP contribution is -2.39. The van der Waals surface area contributed by atoms with Gasteiger partial charge in [-0.25, -0.2) is 4.79 Å². The van der Waals surface area contributed by atoms with Crippen LogP contribution in [0.2, 0.25) is 0 Å². The van der Waals surface area contributed by atoms with E-state index >= 15 is 0 Å². The second-order valence-corrected chi connectivity index (χ2v) is 9.41. The van der Waals surface area contributed by atoms with Gasteiger partial charge in [0.2, 0.25) is 0 Å². The molecule has 7 nitrogen and oxygen atoms in total. The van der Waals surface area contributed by atoms with Crippen LogP contribution in [0.5, 0.6) is 0 Å². The first-order chi connectivity index (χ1) is 16.4. The number of fused-ring (bicyclic) bond motifs is 1. The first-order valence-corrected chi connectivity index (χ1v) is 12.2. The lowest BCUT2D eigenvalue weighted by molar-refractivity contribution is -0.384. The van der Waals surface area contributed by atoms with E-state index in [9.17, 15) is 14.9 Å². The van der Waals surface area contributed by atoms with E-state index in [1.54, 1.807) is 23.6 Å². The number of nitrogens with zero attached hydrogens (tertiary/aromatic N) is 3. The number of benzene rings is 2. The number of esters is 1. The van der Waals surface area contributed by atoms with E-state index < -0.39 is 5.97 Å². The Labute approximate surface area is 200 Å². The Morgan fingerprint density at radius 1 is 1.15 bits per heavy atom. The fraction of sp³-hybridized carbons (Fsp3) is 0.444.